The van der Waals surface area contributed by atoms with Gasteiger partial charge in [-0.15, -0.1) is 0 Å². The standard InChI is InChI=1S/C13H16F4N2O/c14-10-6-5-9(13(15,16)17)8-11(10)19-12(20)4-2-1-3-7-18/h5-6,8H,1-4,7,18H2,(H,19,20). The van der Waals surface area contributed by atoms with Crippen molar-refractivity contribution in [3.05, 3.63) is 29.6 Å². The van der Waals surface area contributed by atoms with Crippen molar-refractivity contribution in [2.75, 3.05) is 11.9 Å². The van der Waals surface area contributed by atoms with Crippen molar-refractivity contribution in [2.24, 2.45) is 5.73 Å². The van der Waals surface area contributed by atoms with Gasteiger partial charge in [0.1, 0.15) is 5.82 Å². The molecule has 0 spiro atoms. The molecular weight excluding hydrogens is 276 g/mol. The summed E-state index contributed by atoms with van der Waals surface area (Å²) >= 11 is 0. The largest absolute Gasteiger partial charge is 0.416 e. The van der Waals surface area contributed by atoms with E-state index in [-0.39, 0.29) is 6.42 Å². The molecule has 0 fully saturated rings. The lowest BCUT2D eigenvalue weighted by Crippen LogP contribution is -2.14. The number of amides is 1. The van der Waals surface area contributed by atoms with Crippen molar-refractivity contribution in [1.29, 1.82) is 0 Å². The highest BCUT2D eigenvalue weighted by Gasteiger charge is 2.31. The van der Waals surface area contributed by atoms with Crippen LogP contribution in [0.4, 0.5) is 23.2 Å². The summed E-state index contributed by atoms with van der Waals surface area (Å²) in [4.78, 5) is 11.5. The minimum atomic E-state index is -4.58. The lowest BCUT2D eigenvalue weighted by atomic mass is 10.1. The van der Waals surface area contributed by atoms with Gasteiger partial charge in [0.15, 0.2) is 0 Å². The van der Waals surface area contributed by atoms with Crippen molar-refractivity contribution in [1.82, 2.24) is 0 Å². The third-order valence-electron chi connectivity index (χ3n) is 2.68. The average molecular weight is 292 g/mol. The van der Waals surface area contributed by atoms with E-state index in [2.05, 4.69) is 5.32 Å². The Balaban J connectivity index is 2.65. The molecule has 0 radical (unpaired) electrons. The third kappa shape index (κ3) is 5.16. The second kappa shape index (κ2) is 7.23. The van der Waals surface area contributed by atoms with Crippen LogP contribution in [0, 0.1) is 5.82 Å². The van der Waals surface area contributed by atoms with E-state index in [9.17, 15) is 22.4 Å². The molecule has 0 aliphatic carbocycles. The number of nitrogens with two attached hydrogens (primary N) is 1. The molecule has 0 bridgehead atoms. The summed E-state index contributed by atoms with van der Waals surface area (Å²) in [7, 11) is 0. The highest BCUT2D eigenvalue weighted by molar-refractivity contribution is 5.90. The van der Waals surface area contributed by atoms with Crippen molar-refractivity contribution < 1.29 is 22.4 Å². The molecule has 0 saturated heterocycles. The Morgan fingerprint density at radius 2 is 1.90 bits per heavy atom. The SMILES string of the molecule is NCCCCCC(=O)Nc1cc(C(F)(F)F)ccc1F. The number of alkyl halides is 3. The number of anilines is 1. The highest BCUT2D eigenvalue weighted by atomic mass is 19.4. The van der Waals surface area contributed by atoms with Gasteiger partial charge >= 0.3 is 6.18 Å². The maximum atomic E-state index is 13.4. The van der Waals surface area contributed by atoms with Gasteiger partial charge < -0.3 is 11.1 Å². The zero-order valence-corrected chi connectivity index (χ0v) is 10.8. The zero-order valence-electron chi connectivity index (χ0n) is 10.8. The van der Waals surface area contributed by atoms with Gasteiger partial charge in [-0.2, -0.15) is 13.2 Å². The van der Waals surface area contributed by atoms with E-state index < -0.39 is 29.2 Å². The van der Waals surface area contributed by atoms with E-state index >= 15 is 0 Å². The number of carbonyl (C=O) groups excluding carboxylic acids is 1. The molecule has 3 N–H and O–H groups in total. The number of carbonyl (C=O) groups is 1. The lowest BCUT2D eigenvalue weighted by molar-refractivity contribution is -0.137. The van der Waals surface area contributed by atoms with Crippen molar-refractivity contribution in [3.63, 3.8) is 0 Å². The summed E-state index contributed by atoms with van der Waals surface area (Å²) in [5.74, 6) is -1.41. The van der Waals surface area contributed by atoms with Crippen LogP contribution in [0.5, 0.6) is 0 Å². The fourth-order valence-electron chi connectivity index (χ4n) is 1.62. The number of halogens is 4. The highest BCUT2D eigenvalue weighted by Crippen LogP contribution is 2.31. The van der Waals surface area contributed by atoms with Crippen molar-refractivity contribution >= 4 is 11.6 Å². The molecule has 112 valence electrons. The summed E-state index contributed by atoms with van der Waals surface area (Å²) < 4.78 is 50.8. The molecule has 20 heavy (non-hydrogen) atoms. The molecule has 1 rings (SSSR count). The Morgan fingerprint density at radius 1 is 1.20 bits per heavy atom. The maximum absolute atomic E-state index is 13.4. The molecule has 1 aromatic carbocycles. The molecule has 0 heterocycles. The molecule has 1 amide bonds. The normalized spacial score (nSPS) is 11.4. The number of nitrogens with one attached hydrogen (secondary N) is 1. The van der Waals surface area contributed by atoms with E-state index in [0.717, 1.165) is 12.8 Å². The smallest absolute Gasteiger partial charge is 0.330 e. The van der Waals surface area contributed by atoms with Gasteiger partial charge in [0.2, 0.25) is 5.91 Å². The van der Waals surface area contributed by atoms with Gasteiger partial charge in [-0.3, -0.25) is 4.79 Å². The summed E-state index contributed by atoms with van der Waals surface area (Å²) in [6.07, 6.45) is -2.38. The molecule has 0 aliphatic heterocycles. The van der Waals surface area contributed by atoms with E-state index in [1.807, 2.05) is 0 Å². The molecule has 3 nitrogen and oxygen atoms in total. The van der Waals surface area contributed by atoms with Crippen LogP contribution >= 0.6 is 0 Å². The van der Waals surface area contributed by atoms with Crippen LogP contribution in [0.1, 0.15) is 31.2 Å². The van der Waals surface area contributed by atoms with Gasteiger partial charge in [0, 0.05) is 6.42 Å². The zero-order chi connectivity index (χ0) is 15.2. The fourth-order valence-corrected chi connectivity index (χ4v) is 1.62. The molecule has 0 aromatic heterocycles. The summed E-state index contributed by atoms with van der Waals surface area (Å²) in [5.41, 5.74) is 3.83. The number of benzene rings is 1. The Morgan fingerprint density at radius 3 is 2.50 bits per heavy atom. The molecule has 0 aliphatic rings. The molecule has 0 unspecified atom stereocenters. The molecule has 0 saturated carbocycles. The van der Waals surface area contributed by atoms with Crippen LogP contribution in [0.25, 0.3) is 0 Å². The van der Waals surface area contributed by atoms with Crippen LogP contribution in [0.2, 0.25) is 0 Å². The topological polar surface area (TPSA) is 55.1 Å². The van der Waals surface area contributed by atoms with Crippen LogP contribution in [-0.4, -0.2) is 12.5 Å². The van der Waals surface area contributed by atoms with Crippen LogP contribution in [-0.2, 0) is 11.0 Å². The van der Waals surface area contributed by atoms with Gasteiger partial charge in [-0.25, -0.2) is 4.39 Å². The summed E-state index contributed by atoms with van der Waals surface area (Å²) in [6.45, 7) is 0.518. The number of unbranched alkanes of at least 4 members (excludes halogenated alkanes) is 2. The fraction of sp³-hybridized carbons (Fsp3) is 0.462. The first kappa shape index (κ1) is 16.4. The predicted molar refractivity (Wildman–Crippen MR) is 67.6 cm³/mol. The van der Waals surface area contributed by atoms with E-state index in [1.54, 1.807) is 0 Å². The van der Waals surface area contributed by atoms with Crippen LogP contribution in [0.15, 0.2) is 18.2 Å². The molecule has 0 atom stereocenters. The van der Waals surface area contributed by atoms with E-state index in [0.29, 0.717) is 31.2 Å². The Kier molecular flexibility index (Phi) is 5.94. The van der Waals surface area contributed by atoms with Gasteiger partial charge in [-0.1, -0.05) is 6.42 Å². The first-order chi connectivity index (χ1) is 9.34. The number of hydrogen-bond acceptors (Lipinski definition) is 2. The van der Waals surface area contributed by atoms with Gasteiger partial charge in [0.05, 0.1) is 11.3 Å². The van der Waals surface area contributed by atoms with Crippen molar-refractivity contribution in [2.45, 2.75) is 31.9 Å². The third-order valence-corrected chi connectivity index (χ3v) is 2.68. The second-order valence-corrected chi connectivity index (χ2v) is 4.34. The number of hydrogen-bond donors (Lipinski definition) is 2. The molecule has 1 aromatic rings. The lowest BCUT2D eigenvalue weighted by Gasteiger charge is -2.11. The van der Waals surface area contributed by atoms with Gasteiger partial charge in [0.25, 0.3) is 0 Å². The average Bonchev–Trinajstić information content (AvgIpc) is 2.36. The van der Waals surface area contributed by atoms with E-state index in [1.165, 1.54) is 0 Å². The molecular formula is C13H16F4N2O. The van der Waals surface area contributed by atoms with Crippen molar-refractivity contribution in [3.8, 4) is 0 Å². The van der Waals surface area contributed by atoms with Crippen LogP contribution in [0.3, 0.4) is 0 Å². The van der Waals surface area contributed by atoms with E-state index in [4.69, 9.17) is 5.73 Å². The minimum Gasteiger partial charge on any atom is -0.330 e. The summed E-state index contributed by atoms with van der Waals surface area (Å²) in [6, 6.07) is 1.91. The second-order valence-electron chi connectivity index (χ2n) is 4.34. The van der Waals surface area contributed by atoms with Crippen LogP contribution < -0.4 is 11.1 Å². The minimum absolute atomic E-state index is 0.121. The Hall–Kier alpha value is -1.63. The Bertz CT molecular complexity index is 460. The Labute approximate surface area is 114 Å². The first-order valence-electron chi connectivity index (χ1n) is 6.21. The maximum Gasteiger partial charge on any atom is 0.416 e. The first-order valence-corrected chi connectivity index (χ1v) is 6.21. The van der Waals surface area contributed by atoms with Gasteiger partial charge in [-0.05, 0) is 37.6 Å². The quantitative estimate of drug-likeness (QED) is 0.624. The predicted octanol–water partition coefficient (Wildman–Crippen LogP) is 3.30. The summed E-state index contributed by atoms with van der Waals surface area (Å²) in [5, 5.41) is 2.15. The molecule has 7 heteroatoms. The number of rotatable bonds is 6. The monoisotopic (exact) mass is 292 g/mol.